The average Bonchev–Trinajstić information content (AvgIpc) is 2.51. The molecule has 1 heterocycles. The minimum atomic E-state index is -0.280. The zero-order chi connectivity index (χ0) is 17.7. The molecule has 128 valence electrons. The molecule has 0 aliphatic heterocycles. The highest BCUT2D eigenvalue weighted by molar-refractivity contribution is 6.34. The van der Waals surface area contributed by atoms with Gasteiger partial charge in [0.05, 0.1) is 16.3 Å². The predicted molar refractivity (Wildman–Crippen MR) is 98.9 cm³/mol. The average molecular weight is 347 g/mol. The van der Waals surface area contributed by atoms with Crippen molar-refractivity contribution in [2.24, 2.45) is 5.92 Å². The number of aryl methyl sites for hydroxylation is 2. The quantitative estimate of drug-likeness (QED) is 0.810. The van der Waals surface area contributed by atoms with Crippen LogP contribution < -0.4 is 10.6 Å². The molecule has 1 amide bonds. The molecule has 0 saturated heterocycles. The van der Waals surface area contributed by atoms with Crippen LogP contribution >= 0.6 is 11.6 Å². The van der Waals surface area contributed by atoms with E-state index in [0.717, 1.165) is 24.1 Å². The number of hydrogen-bond acceptors (Lipinski definition) is 4. The minimum absolute atomic E-state index is 0.280. The molecule has 2 rings (SSSR count). The van der Waals surface area contributed by atoms with Crippen LogP contribution in [0.15, 0.2) is 24.5 Å². The van der Waals surface area contributed by atoms with Crippen molar-refractivity contribution >= 4 is 29.1 Å². The summed E-state index contributed by atoms with van der Waals surface area (Å²) in [6.07, 6.45) is 4.06. The number of carbonyl (C=O) groups is 1. The van der Waals surface area contributed by atoms with E-state index >= 15 is 0 Å². The molecule has 5 nitrogen and oxygen atoms in total. The summed E-state index contributed by atoms with van der Waals surface area (Å²) in [7, 11) is 0. The standard InChI is InChI=1S/C18H23ClN4O/c1-11(2)5-6-20-18-21-9-14(10-22-18)17(24)23-16-13(4)7-12(3)8-15(16)19/h7-11H,5-6H2,1-4H3,(H,23,24)(H,20,21,22). The summed E-state index contributed by atoms with van der Waals surface area (Å²) in [5.41, 5.74) is 2.98. The lowest BCUT2D eigenvalue weighted by molar-refractivity contribution is 0.102. The van der Waals surface area contributed by atoms with Crippen molar-refractivity contribution in [1.29, 1.82) is 0 Å². The molecule has 0 saturated carbocycles. The van der Waals surface area contributed by atoms with Crippen LogP contribution in [0.25, 0.3) is 0 Å². The summed E-state index contributed by atoms with van der Waals surface area (Å²) in [4.78, 5) is 20.7. The lowest BCUT2D eigenvalue weighted by Crippen LogP contribution is -2.15. The molecule has 2 aromatic rings. The third-order valence-corrected chi connectivity index (χ3v) is 3.89. The first-order valence-electron chi connectivity index (χ1n) is 8.01. The minimum Gasteiger partial charge on any atom is -0.354 e. The Kier molecular flexibility index (Phi) is 6.15. The largest absolute Gasteiger partial charge is 0.354 e. The van der Waals surface area contributed by atoms with Crippen LogP contribution in [0.4, 0.5) is 11.6 Å². The molecule has 1 aromatic heterocycles. The van der Waals surface area contributed by atoms with Crippen LogP contribution in [0.5, 0.6) is 0 Å². The van der Waals surface area contributed by atoms with Gasteiger partial charge in [0.1, 0.15) is 0 Å². The zero-order valence-corrected chi connectivity index (χ0v) is 15.2. The number of carbonyl (C=O) groups excluding carboxylic acids is 1. The number of benzene rings is 1. The molecule has 2 N–H and O–H groups in total. The predicted octanol–water partition coefficient (Wildman–Crippen LogP) is 4.46. The van der Waals surface area contributed by atoms with Crippen LogP contribution in [0.1, 0.15) is 41.8 Å². The molecule has 0 aliphatic carbocycles. The van der Waals surface area contributed by atoms with Crippen molar-refractivity contribution in [3.8, 4) is 0 Å². The Balaban J connectivity index is 2.03. The van der Waals surface area contributed by atoms with Gasteiger partial charge in [-0.25, -0.2) is 9.97 Å². The Hall–Kier alpha value is -2.14. The first-order chi connectivity index (χ1) is 11.4. The number of amides is 1. The van der Waals surface area contributed by atoms with Crippen molar-refractivity contribution in [1.82, 2.24) is 9.97 Å². The molecule has 6 heteroatoms. The number of halogens is 1. The summed E-state index contributed by atoms with van der Waals surface area (Å²) in [6, 6.07) is 3.79. The fraction of sp³-hybridized carbons (Fsp3) is 0.389. The molecule has 0 fully saturated rings. The number of nitrogens with one attached hydrogen (secondary N) is 2. The van der Waals surface area contributed by atoms with Crippen LogP contribution in [0.2, 0.25) is 5.02 Å². The van der Waals surface area contributed by atoms with Gasteiger partial charge in [-0.1, -0.05) is 31.5 Å². The molecule has 1 aromatic carbocycles. The molecule has 0 aliphatic rings. The smallest absolute Gasteiger partial charge is 0.258 e. The topological polar surface area (TPSA) is 66.9 Å². The highest BCUT2D eigenvalue weighted by Crippen LogP contribution is 2.27. The fourth-order valence-corrected chi connectivity index (χ4v) is 2.64. The molecular weight excluding hydrogens is 324 g/mol. The maximum absolute atomic E-state index is 12.3. The van der Waals surface area contributed by atoms with E-state index in [0.29, 0.717) is 28.1 Å². The maximum atomic E-state index is 12.3. The number of nitrogens with zero attached hydrogens (tertiary/aromatic N) is 2. The first-order valence-corrected chi connectivity index (χ1v) is 8.38. The van der Waals surface area contributed by atoms with Gasteiger partial charge in [0.25, 0.3) is 5.91 Å². The van der Waals surface area contributed by atoms with Gasteiger partial charge in [-0.3, -0.25) is 4.79 Å². The Labute approximate surface area is 147 Å². The molecule has 0 spiro atoms. The van der Waals surface area contributed by atoms with E-state index in [1.54, 1.807) is 0 Å². The second kappa shape index (κ2) is 8.11. The van der Waals surface area contributed by atoms with Crippen LogP contribution in [0, 0.1) is 19.8 Å². The van der Waals surface area contributed by atoms with E-state index in [4.69, 9.17) is 11.6 Å². The third-order valence-electron chi connectivity index (χ3n) is 3.59. The van der Waals surface area contributed by atoms with Gasteiger partial charge in [0.15, 0.2) is 0 Å². The second-order valence-corrected chi connectivity index (χ2v) is 6.70. The van der Waals surface area contributed by atoms with Crippen LogP contribution in [-0.4, -0.2) is 22.4 Å². The molecular formula is C18H23ClN4O. The van der Waals surface area contributed by atoms with Gasteiger partial charge in [0.2, 0.25) is 5.95 Å². The molecule has 0 atom stereocenters. The Morgan fingerprint density at radius 3 is 2.46 bits per heavy atom. The Morgan fingerprint density at radius 2 is 1.88 bits per heavy atom. The first kappa shape index (κ1) is 18.2. The Morgan fingerprint density at radius 1 is 1.21 bits per heavy atom. The molecule has 24 heavy (non-hydrogen) atoms. The lowest BCUT2D eigenvalue weighted by atomic mass is 10.1. The summed E-state index contributed by atoms with van der Waals surface area (Å²) in [6.45, 7) is 9.00. The van der Waals surface area contributed by atoms with Gasteiger partial charge in [-0.15, -0.1) is 0 Å². The van der Waals surface area contributed by atoms with Gasteiger partial charge < -0.3 is 10.6 Å². The lowest BCUT2D eigenvalue weighted by Gasteiger charge is -2.11. The van der Waals surface area contributed by atoms with Gasteiger partial charge in [0, 0.05) is 18.9 Å². The van der Waals surface area contributed by atoms with Gasteiger partial charge in [-0.2, -0.15) is 0 Å². The van der Waals surface area contributed by atoms with E-state index in [1.807, 2.05) is 26.0 Å². The van der Waals surface area contributed by atoms with Crippen molar-refractivity contribution < 1.29 is 4.79 Å². The zero-order valence-electron chi connectivity index (χ0n) is 14.5. The highest BCUT2D eigenvalue weighted by atomic mass is 35.5. The molecule has 0 bridgehead atoms. The fourth-order valence-electron chi connectivity index (χ4n) is 2.27. The van der Waals surface area contributed by atoms with Crippen molar-refractivity contribution in [2.45, 2.75) is 34.1 Å². The van der Waals surface area contributed by atoms with Crippen LogP contribution in [-0.2, 0) is 0 Å². The third kappa shape index (κ3) is 4.93. The van der Waals surface area contributed by atoms with Crippen molar-refractivity contribution in [3.05, 3.63) is 46.2 Å². The van der Waals surface area contributed by atoms with Crippen molar-refractivity contribution in [2.75, 3.05) is 17.2 Å². The van der Waals surface area contributed by atoms with E-state index < -0.39 is 0 Å². The SMILES string of the molecule is Cc1cc(C)c(NC(=O)c2cnc(NCCC(C)C)nc2)c(Cl)c1. The second-order valence-electron chi connectivity index (χ2n) is 6.30. The number of aromatic nitrogens is 2. The Bertz CT molecular complexity index is 690. The summed E-state index contributed by atoms with van der Waals surface area (Å²) >= 11 is 6.22. The number of rotatable bonds is 6. The van der Waals surface area contributed by atoms with E-state index in [2.05, 4.69) is 34.4 Å². The van der Waals surface area contributed by atoms with Gasteiger partial charge >= 0.3 is 0 Å². The maximum Gasteiger partial charge on any atom is 0.258 e. The summed E-state index contributed by atoms with van der Waals surface area (Å²) < 4.78 is 0. The van der Waals surface area contributed by atoms with E-state index in [-0.39, 0.29) is 5.91 Å². The van der Waals surface area contributed by atoms with Crippen molar-refractivity contribution in [3.63, 3.8) is 0 Å². The summed E-state index contributed by atoms with van der Waals surface area (Å²) in [5.74, 6) is 0.861. The molecule has 0 radical (unpaired) electrons. The number of anilines is 2. The number of hydrogen-bond donors (Lipinski definition) is 2. The highest BCUT2D eigenvalue weighted by Gasteiger charge is 2.12. The van der Waals surface area contributed by atoms with Gasteiger partial charge in [-0.05, 0) is 43.4 Å². The van der Waals surface area contributed by atoms with Crippen LogP contribution in [0.3, 0.4) is 0 Å². The molecule has 0 unspecified atom stereocenters. The van der Waals surface area contributed by atoms with E-state index in [1.165, 1.54) is 12.4 Å². The summed E-state index contributed by atoms with van der Waals surface area (Å²) in [5, 5.41) is 6.49. The monoisotopic (exact) mass is 346 g/mol. The van der Waals surface area contributed by atoms with E-state index in [9.17, 15) is 4.79 Å². The normalized spacial score (nSPS) is 10.8.